The molecule has 2 rings (SSSR count). The highest BCUT2D eigenvalue weighted by Gasteiger charge is 2.32. The van der Waals surface area contributed by atoms with Gasteiger partial charge in [-0.1, -0.05) is 11.6 Å². The maximum absolute atomic E-state index is 12.5. The van der Waals surface area contributed by atoms with Crippen LogP contribution in [0.1, 0.15) is 15.9 Å². The summed E-state index contributed by atoms with van der Waals surface area (Å²) in [4.78, 5) is 14.4. The Balaban J connectivity index is 2.52. The number of alkyl halides is 3. The van der Waals surface area contributed by atoms with E-state index in [-0.39, 0.29) is 21.0 Å². The van der Waals surface area contributed by atoms with Crippen molar-refractivity contribution in [3.63, 3.8) is 0 Å². The van der Waals surface area contributed by atoms with Crippen LogP contribution in [0, 0.1) is 0 Å². The molecule has 0 fully saturated rings. The molecule has 0 amide bonds. The number of hydrogen-bond acceptors (Lipinski definition) is 3. The lowest BCUT2D eigenvalue weighted by molar-refractivity contribution is -0.137. The summed E-state index contributed by atoms with van der Waals surface area (Å²) in [5, 5.41) is 12.3. The Kier molecular flexibility index (Phi) is 3.74. The van der Waals surface area contributed by atoms with Crippen LogP contribution in [0.4, 0.5) is 13.2 Å². The third-order valence-electron chi connectivity index (χ3n) is 2.29. The van der Waals surface area contributed by atoms with Gasteiger partial charge in [0, 0.05) is 6.20 Å². The number of carboxylic acids is 1. The molecule has 0 radical (unpaired) electrons. The van der Waals surface area contributed by atoms with Gasteiger partial charge in [-0.2, -0.15) is 18.3 Å². The van der Waals surface area contributed by atoms with E-state index in [1.165, 1.54) is 0 Å². The fourth-order valence-electron chi connectivity index (χ4n) is 1.37. The van der Waals surface area contributed by atoms with Crippen LogP contribution in [-0.4, -0.2) is 25.8 Å². The van der Waals surface area contributed by atoms with Crippen LogP contribution in [0.2, 0.25) is 5.02 Å². The average Bonchev–Trinajstić information content (AvgIpc) is 2.70. The number of carbonyl (C=O) groups is 1. The van der Waals surface area contributed by atoms with E-state index in [2.05, 4.69) is 26.0 Å². The minimum atomic E-state index is -4.57. The number of hydrogen-bond donors (Lipinski definition) is 1. The standard InChI is InChI=1S/C10H4BrClF3N3O2/c11-7-5(9(19)20)3-17-18(7)8-6(12)1-4(2-16-8)10(13,14)15/h1-3H,(H,19,20). The van der Waals surface area contributed by atoms with Crippen molar-refractivity contribution >= 4 is 33.5 Å². The largest absolute Gasteiger partial charge is 0.478 e. The average molecular weight is 371 g/mol. The molecule has 0 atom stereocenters. The minimum Gasteiger partial charge on any atom is -0.478 e. The smallest absolute Gasteiger partial charge is 0.417 e. The van der Waals surface area contributed by atoms with Crippen LogP contribution in [0.3, 0.4) is 0 Å². The SMILES string of the molecule is O=C(O)c1cnn(-c2ncc(C(F)(F)F)cc2Cl)c1Br. The van der Waals surface area contributed by atoms with E-state index in [4.69, 9.17) is 16.7 Å². The molecule has 106 valence electrons. The molecule has 5 nitrogen and oxygen atoms in total. The summed E-state index contributed by atoms with van der Waals surface area (Å²) in [5.41, 5.74) is -1.17. The first kappa shape index (κ1) is 14.8. The molecule has 1 N–H and O–H groups in total. The van der Waals surface area contributed by atoms with Crippen LogP contribution >= 0.6 is 27.5 Å². The van der Waals surface area contributed by atoms with Crippen molar-refractivity contribution in [1.82, 2.24) is 14.8 Å². The number of aromatic carboxylic acids is 1. The second-order valence-electron chi connectivity index (χ2n) is 3.59. The van der Waals surface area contributed by atoms with Gasteiger partial charge in [0.05, 0.1) is 16.8 Å². The summed E-state index contributed by atoms with van der Waals surface area (Å²) in [6.45, 7) is 0. The molecule has 2 aromatic heterocycles. The molecule has 20 heavy (non-hydrogen) atoms. The van der Waals surface area contributed by atoms with Crippen LogP contribution < -0.4 is 0 Å². The fourth-order valence-corrected chi connectivity index (χ4v) is 2.14. The van der Waals surface area contributed by atoms with Gasteiger partial charge in [-0.3, -0.25) is 0 Å². The number of carboxylic acid groups (broad SMARTS) is 1. The highest BCUT2D eigenvalue weighted by atomic mass is 79.9. The zero-order valence-electron chi connectivity index (χ0n) is 9.32. The first-order valence-electron chi connectivity index (χ1n) is 4.91. The van der Waals surface area contributed by atoms with Crippen molar-refractivity contribution in [2.45, 2.75) is 6.18 Å². The van der Waals surface area contributed by atoms with E-state index >= 15 is 0 Å². The number of pyridine rings is 1. The lowest BCUT2D eigenvalue weighted by Gasteiger charge is -2.09. The number of aromatic nitrogens is 3. The van der Waals surface area contributed by atoms with Crippen molar-refractivity contribution in [2.75, 3.05) is 0 Å². The zero-order chi connectivity index (χ0) is 15.1. The van der Waals surface area contributed by atoms with Gasteiger partial charge in [-0.25, -0.2) is 14.5 Å². The summed E-state index contributed by atoms with van der Waals surface area (Å²) < 4.78 is 38.5. The summed E-state index contributed by atoms with van der Waals surface area (Å²) in [5.74, 6) is -1.36. The molecule has 0 unspecified atom stereocenters. The fraction of sp³-hybridized carbons (Fsp3) is 0.100. The first-order chi connectivity index (χ1) is 9.21. The molecular formula is C10H4BrClF3N3O2. The predicted molar refractivity (Wildman–Crippen MR) is 66.0 cm³/mol. The quantitative estimate of drug-likeness (QED) is 0.880. The Morgan fingerprint density at radius 3 is 2.50 bits per heavy atom. The number of rotatable bonds is 2. The summed E-state index contributed by atoms with van der Waals surface area (Å²) in [6.07, 6.45) is -2.94. The van der Waals surface area contributed by atoms with Crippen molar-refractivity contribution in [3.05, 3.63) is 39.2 Å². The molecule has 2 aromatic rings. The molecule has 0 aliphatic rings. The lowest BCUT2D eigenvalue weighted by Crippen LogP contribution is -2.08. The van der Waals surface area contributed by atoms with Crippen LogP contribution in [0.25, 0.3) is 5.82 Å². The normalized spacial score (nSPS) is 11.7. The van der Waals surface area contributed by atoms with E-state index < -0.39 is 17.7 Å². The maximum atomic E-state index is 12.5. The molecule has 0 aliphatic carbocycles. The molecule has 0 aliphatic heterocycles. The molecule has 10 heteroatoms. The first-order valence-corrected chi connectivity index (χ1v) is 6.09. The van der Waals surface area contributed by atoms with E-state index in [1.54, 1.807) is 0 Å². The Hall–Kier alpha value is -1.61. The van der Waals surface area contributed by atoms with Gasteiger partial charge in [0.25, 0.3) is 0 Å². The number of halogens is 5. The van der Waals surface area contributed by atoms with E-state index in [0.29, 0.717) is 12.3 Å². The van der Waals surface area contributed by atoms with Crippen LogP contribution in [-0.2, 0) is 6.18 Å². The highest BCUT2D eigenvalue weighted by molar-refractivity contribution is 9.10. The molecule has 2 heterocycles. The van der Waals surface area contributed by atoms with Gasteiger partial charge >= 0.3 is 12.1 Å². The van der Waals surface area contributed by atoms with E-state index in [9.17, 15) is 18.0 Å². The Labute approximate surface area is 123 Å². The third kappa shape index (κ3) is 2.63. The lowest BCUT2D eigenvalue weighted by atomic mass is 10.3. The van der Waals surface area contributed by atoms with Gasteiger partial charge < -0.3 is 5.11 Å². The zero-order valence-corrected chi connectivity index (χ0v) is 11.7. The second kappa shape index (κ2) is 5.06. The van der Waals surface area contributed by atoms with Gasteiger partial charge in [0.2, 0.25) is 0 Å². The van der Waals surface area contributed by atoms with Gasteiger partial charge in [-0.15, -0.1) is 0 Å². The molecule has 0 spiro atoms. The van der Waals surface area contributed by atoms with Crippen molar-refractivity contribution in [3.8, 4) is 5.82 Å². The monoisotopic (exact) mass is 369 g/mol. The predicted octanol–water partition coefficient (Wildman–Crippen LogP) is 3.40. The van der Waals surface area contributed by atoms with E-state index in [0.717, 1.165) is 10.9 Å². The van der Waals surface area contributed by atoms with Crippen molar-refractivity contribution < 1.29 is 23.1 Å². The second-order valence-corrected chi connectivity index (χ2v) is 4.75. The van der Waals surface area contributed by atoms with Gasteiger partial charge in [-0.05, 0) is 22.0 Å². The minimum absolute atomic E-state index is 0.0270. The highest BCUT2D eigenvalue weighted by Crippen LogP contribution is 2.32. The summed E-state index contributed by atoms with van der Waals surface area (Å²) in [7, 11) is 0. The van der Waals surface area contributed by atoms with Crippen molar-refractivity contribution in [2.24, 2.45) is 0 Å². The van der Waals surface area contributed by atoms with Crippen molar-refractivity contribution in [1.29, 1.82) is 0 Å². The molecular weight excluding hydrogens is 366 g/mol. The molecule has 0 bridgehead atoms. The van der Waals surface area contributed by atoms with Crippen LogP contribution in [0.15, 0.2) is 23.1 Å². The van der Waals surface area contributed by atoms with Crippen LogP contribution in [0.5, 0.6) is 0 Å². The van der Waals surface area contributed by atoms with Gasteiger partial charge in [0.1, 0.15) is 10.2 Å². The Morgan fingerprint density at radius 2 is 2.05 bits per heavy atom. The molecule has 0 aromatic carbocycles. The molecule has 0 saturated heterocycles. The van der Waals surface area contributed by atoms with Gasteiger partial charge in [0.15, 0.2) is 5.82 Å². The topological polar surface area (TPSA) is 68.0 Å². The summed E-state index contributed by atoms with van der Waals surface area (Å²) in [6, 6.07) is 0.693. The maximum Gasteiger partial charge on any atom is 0.417 e. The van der Waals surface area contributed by atoms with E-state index in [1.807, 2.05) is 0 Å². The molecule has 0 saturated carbocycles. The Morgan fingerprint density at radius 1 is 1.40 bits per heavy atom. The Bertz CT molecular complexity index is 687. The third-order valence-corrected chi connectivity index (χ3v) is 3.33. The number of nitrogens with zero attached hydrogens (tertiary/aromatic N) is 3. The summed E-state index contributed by atoms with van der Waals surface area (Å²) >= 11 is 8.72.